The summed E-state index contributed by atoms with van der Waals surface area (Å²) in [7, 11) is 0. The number of hydrogen-bond donors (Lipinski definition) is 2. The normalized spacial score (nSPS) is 10.7. The summed E-state index contributed by atoms with van der Waals surface area (Å²) in [5, 5.41) is 19.6. The van der Waals surface area contributed by atoms with E-state index >= 15 is 0 Å². The van der Waals surface area contributed by atoms with E-state index in [1.165, 1.54) is 8.92 Å². The van der Waals surface area contributed by atoms with E-state index in [4.69, 9.17) is 0 Å². The molecule has 2 aromatic rings. The van der Waals surface area contributed by atoms with Gasteiger partial charge < -0.3 is 0 Å². The van der Waals surface area contributed by atoms with Crippen molar-refractivity contribution in [3.63, 3.8) is 0 Å². The van der Waals surface area contributed by atoms with Crippen molar-refractivity contribution in [2.45, 2.75) is 27.7 Å². The Kier molecular flexibility index (Phi) is 3.88. The average molecular weight is 321 g/mol. The predicted molar refractivity (Wildman–Crippen MR) is 80.2 cm³/mol. The summed E-state index contributed by atoms with van der Waals surface area (Å²) in [4.78, 5) is 0. The molecule has 0 fully saturated rings. The number of aryl methyl sites for hydroxylation is 4. The molecule has 100 valence electrons. The van der Waals surface area contributed by atoms with Crippen molar-refractivity contribution in [3.8, 4) is 11.5 Å². The summed E-state index contributed by atoms with van der Waals surface area (Å²) >= 11 is 0.187. The summed E-state index contributed by atoms with van der Waals surface area (Å²) in [6.45, 7) is 7.70. The van der Waals surface area contributed by atoms with E-state index in [9.17, 15) is 10.2 Å². The molecule has 2 rings (SSSR count). The van der Waals surface area contributed by atoms with Gasteiger partial charge >= 0.3 is 120 Å². The predicted octanol–water partition coefficient (Wildman–Crippen LogP) is 1.99. The van der Waals surface area contributed by atoms with E-state index < -0.39 is 0 Å². The Labute approximate surface area is 120 Å². The molecule has 0 amide bonds. The molecule has 0 atom stereocenters. The minimum atomic E-state index is 0.187. The van der Waals surface area contributed by atoms with Crippen molar-refractivity contribution in [1.29, 1.82) is 0 Å². The number of aromatic hydroxyl groups is 2. The third kappa shape index (κ3) is 2.94. The van der Waals surface area contributed by atoms with Crippen molar-refractivity contribution in [1.82, 2.24) is 0 Å². The Hall–Kier alpha value is -1.44. The zero-order valence-electron chi connectivity index (χ0n) is 11.6. The van der Waals surface area contributed by atoms with Crippen molar-refractivity contribution < 1.29 is 10.2 Å². The number of rotatable bonds is 2. The summed E-state index contributed by atoms with van der Waals surface area (Å²) in [6, 6.07) is 8.17. The Bertz CT molecular complexity index is 531. The molecule has 0 aliphatic carbocycles. The second-order valence-corrected chi connectivity index (χ2v) is 7.32. The Morgan fingerprint density at radius 2 is 0.895 bits per heavy atom. The van der Waals surface area contributed by atoms with E-state index in [0.717, 1.165) is 22.3 Å². The van der Waals surface area contributed by atoms with Crippen LogP contribution < -0.4 is 8.92 Å². The van der Waals surface area contributed by atoms with E-state index in [1.807, 2.05) is 52.0 Å². The van der Waals surface area contributed by atoms with Gasteiger partial charge in [0.2, 0.25) is 0 Å². The van der Waals surface area contributed by atoms with Gasteiger partial charge in [-0.15, -0.1) is 0 Å². The molecule has 2 N–H and O–H groups in total. The van der Waals surface area contributed by atoms with Gasteiger partial charge in [-0.1, -0.05) is 0 Å². The topological polar surface area (TPSA) is 40.5 Å². The summed E-state index contributed by atoms with van der Waals surface area (Å²) in [5.41, 5.74) is 3.68. The van der Waals surface area contributed by atoms with Crippen molar-refractivity contribution in [2.75, 3.05) is 0 Å². The van der Waals surface area contributed by atoms with Gasteiger partial charge in [0.1, 0.15) is 0 Å². The molecule has 0 aliphatic rings. The quantitative estimate of drug-likeness (QED) is 0.831. The maximum absolute atomic E-state index is 9.80. The first-order chi connectivity index (χ1) is 8.88. The van der Waals surface area contributed by atoms with Crippen LogP contribution in [0, 0.1) is 27.7 Å². The summed E-state index contributed by atoms with van der Waals surface area (Å²) in [6.07, 6.45) is 0. The molecule has 0 saturated heterocycles. The van der Waals surface area contributed by atoms with E-state index in [2.05, 4.69) is 0 Å². The van der Waals surface area contributed by atoms with Gasteiger partial charge in [0.25, 0.3) is 0 Å². The van der Waals surface area contributed by atoms with Gasteiger partial charge in [0.05, 0.1) is 0 Å². The molecule has 0 bridgehead atoms. The first kappa shape index (κ1) is 14.0. The second kappa shape index (κ2) is 5.28. The number of benzene rings is 2. The number of phenolic OH excluding ortho intramolecular Hbond substituents is 2. The molecule has 0 radical (unpaired) electrons. The fraction of sp³-hybridized carbons (Fsp3) is 0.250. The van der Waals surface area contributed by atoms with Crippen LogP contribution in [-0.4, -0.2) is 25.2 Å². The van der Waals surface area contributed by atoms with Crippen LogP contribution in [0.2, 0.25) is 0 Å². The van der Waals surface area contributed by atoms with Crippen molar-refractivity contribution >= 4 is 23.9 Å². The van der Waals surface area contributed by atoms with Crippen LogP contribution in [0.1, 0.15) is 22.3 Å². The van der Waals surface area contributed by atoms with Crippen LogP contribution in [0.15, 0.2) is 24.3 Å². The van der Waals surface area contributed by atoms with Crippen LogP contribution >= 0.6 is 0 Å². The van der Waals surface area contributed by atoms with Crippen molar-refractivity contribution in [3.05, 3.63) is 46.5 Å². The fourth-order valence-electron chi connectivity index (χ4n) is 2.09. The van der Waals surface area contributed by atoms with Crippen molar-refractivity contribution in [2.24, 2.45) is 0 Å². The van der Waals surface area contributed by atoms with E-state index in [-0.39, 0.29) is 15.0 Å². The standard InChI is InChI=1S/C16H18O2Se/c1-9-5-13(6-10(2)15(9)17)19-14-7-11(3)16(18)12(4)8-14/h5-8,17-18H,1-4H3. The molecule has 0 unspecified atom stereocenters. The SMILES string of the molecule is Cc1cc([Se]c2cc(C)c(O)c(C)c2)cc(C)c1O. The molecular formula is C16H18O2Se. The van der Waals surface area contributed by atoms with E-state index in [0.29, 0.717) is 11.5 Å². The molecule has 0 spiro atoms. The fourth-order valence-corrected chi connectivity index (χ4v) is 4.64. The maximum atomic E-state index is 9.80. The summed E-state index contributed by atoms with van der Waals surface area (Å²) in [5.74, 6) is 0.773. The zero-order chi connectivity index (χ0) is 14.2. The van der Waals surface area contributed by atoms with Gasteiger partial charge in [-0.2, -0.15) is 0 Å². The Balaban J connectivity index is 2.36. The summed E-state index contributed by atoms with van der Waals surface area (Å²) < 4.78 is 2.48. The van der Waals surface area contributed by atoms with Crippen LogP contribution in [-0.2, 0) is 0 Å². The molecule has 19 heavy (non-hydrogen) atoms. The molecule has 2 aromatic carbocycles. The third-order valence-corrected chi connectivity index (χ3v) is 5.14. The van der Waals surface area contributed by atoms with Crippen LogP contribution in [0.3, 0.4) is 0 Å². The van der Waals surface area contributed by atoms with Crippen LogP contribution in [0.4, 0.5) is 0 Å². The van der Waals surface area contributed by atoms with Crippen LogP contribution in [0.5, 0.6) is 11.5 Å². The molecule has 0 saturated carbocycles. The molecular weight excluding hydrogens is 303 g/mol. The first-order valence-corrected chi connectivity index (χ1v) is 7.88. The van der Waals surface area contributed by atoms with Gasteiger partial charge in [-0.25, -0.2) is 0 Å². The Morgan fingerprint density at radius 1 is 0.632 bits per heavy atom. The molecule has 0 aliphatic heterocycles. The van der Waals surface area contributed by atoms with Gasteiger partial charge in [-0.05, 0) is 0 Å². The van der Waals surface area contributed by atoms with Gasteiger partial charge in [-0.3, -0.25) is 0 Å². The van der Waals surface area contributed by atoms with Crippen LogP contribution in [0.25, 0.3) is 0 Å². The zero-order valence-corrected chi connectivity index (χ0v) is 13.3. The second-order valence-electron chi connectivity index (χ2n) is 4.91. The van der Waals surface area contributed by atoms with E-state index in [1.54, 1.807) is 0 Å². The molecule has 0 heterocycles. The molecule has 0 aromatic heterocycles. The minimum absolute atomic E-state index is 0.187. The first-order valence-electron chi connectivity index (χ1n) is 6.16. The monoisotopic (exact) mass is 322 g/mol. The third-order valence-electron chi connectivity index (χ3n) is 3.16. The Morgan fingerprint density at radius 3 is 1.16 bits per heavy atom. The number of hydrogen-bond acceptors (Lipinski definition) is 2. The van der Waals surface area contributed by atoms with Gasteiger partial charge in [0, 0.05) is 0 Å². The average Bonchev–Trinajstić information content (AvgIpc) is 2.33. The molecule has 3 heteroatoms. The van der Waals surface area contributed by atoms with Gasteiger partial charge in [0.15, 0.2) is 0 Å². The number of phenols is 2. The molecule has 2 nitrogen and oxygen atoms in total.